The largest absolute Gasteiger partial charge is 0.477 e. The smallest absolute Gasteiger partial charge is 0.226 e. The maximum Gasteiger partial charge on any atom is 0.226 e. The molecule has 2 rings (SSSR count). The predicted molar refractivity (Wildman–Crippen MR) is 82.4 cm³/mol. The SMILES string of the molecule is CC(=O)/C=C/Cc1c[nH]c2ncnc(OCC(C)(C)C)c12. The van der Waals surface area contributed by atoms with Crippen LogP contribution in [0.3, 0.4) is 0 Å². The second-order valence-corrected chi connectivity index (χ2v) is 6.28. The molecule has 5 nitrogen and oxygen atoms in total. The topological polar surface area (TPSA) is 67.9 Å². The fraction of sp³-hybridized carbons (Fsp3) is 0.438. The van der Waals surface area contributed by atoms with Gasteiger partial charge in [0, 0.05) is 6.20 Å². The number of rotatable bonds is 5. The van der Waals surface area contributed by atoms with Crippen LogP contribution in [0.4, 0.5) is 0 Å². The number of fused-ring (bicyclic) bond motifs is 1. The normalized spacial score (nSPS) is 12.2. The van der Waals surface area contributed by atoms with Crippen LogP contribution in [0.5, 0.6) is 5.88 Å². The monoisotopic (exact) mass is 287 g/mol. The molecule has 0 saturated carbocycles. The van der Waals surface area contributed by atoms with Crippen molar-refractivity contribution in [2.75, 3.05) is 6.61 Å². The number of ketones is 1. The fourth-order valence-electron chi connectivity index (χ4n) is 1.90. The van der Waals surface area contributed by atoms with Gasteiger partial charge in [-0.15, -0.1) is 0 Å². The summed E-state index contributed by atoms with van der Waals surface area (Å²) in [6, 6.07) is 0. The number of carbonyl (C=O) groups is 1. The minimum absolute atomic E-state index is 0.0373. The number of carbonyl (C=O) groups excluding carboxylic acids is 1. The maximum atomic E-state index is 11.0. The Balaban J connectivity index is 2.28. The molecule has 0 bridgehead atoms. The van der Waals surface area contributed by atoms with Crippen LogP contribution in [-0.2, 0) is 11.2 Å². The van der Waals surface area contributed by atoms with Crippen molar-refractivity contribution in [3.05, 3.63) is 30.2 Å². The first-order valence-corrected chi connectivity index (χ1v) is 6.98. The maximum absolute atomic E-state index is 11.0. The van der Waals surface area contributed by atoms with Crippen LogP contribution < -0.4 is 4.74 Å². The molecular weight excluding hydrogens is 266 g/mol. The lowest BCUT2D eigenvalue weighted by atomic mass is 9.99. The van der Waals surface area contributed by atoms with E-state index >= 15 is 0 Å². The number of ether oxygens (including phenoxy) is 1. The average Bonchev–Trinajstić information content (AvgIpc) is 2.79. The molecule has 0 unspecified atom stereocenters. The number of allylic oxidation sites excluding steroid dienone is 2. The van der Waals surface area contributed by atoms with Crippen molar-refractivity contribution in [2.45, 2.75) is 34.1 Å². The molecule has 0 aliphatic heterocycles. The summed E-state index contributed by atoms with van der Waals surface area (Å²) < 4.78 is 5.85. The summed E-state index contributed by atoms with van der Waals surface area (Å²) in [6.07, 6.45) is 7.42. The molecule has 0 fully saturated rings. The zero-order valence-electron chi connectivity index (χ0n) is 12.9. The number of nitrogens with one attached hydrogen (secondary N) is 1. The van der Waals surface area contributed by atoms with Crippen molar-refractivity contribution in [1.82, 2.24) is 15.0 Å². The molecule has 0 aromatic carbocycles. The van der Waals surface area contributed by atoms with Gasteiger partial charge in [0.05, 0.1) is 12.0 Å². The third kappa shape index (κ3) is 4.15. The molecule has 0 saturated heterocycles. The molecular formula is C16H21N3O2. The average molecular weight is 287 g/mol. The Morgan fingerprint density at radius 3 is 2.81 bits per heavy atom. The van der Waals surface area contributed by atoms with Crippen molar-refractivity contribution >= 4 is 16.8 Å². The van der Waals surface area contributed by atoms with Gasteiger partial charge in [-0.1, -0.05) is 26.8 Å². The van der Waals surface area contributed by atoms with E-state index in [1.807, 2.05) is 12.3 Å². The highest BCUT2D eigenvalue weighted by Crippen LogP contribution is 2.27. The van der Waals surface area contributed by atoms with Gasteiger partial charge in [0.15, 0.2) is 5.78 Å². The molecule has 2 aromatic heterocycles. The Labute approximate surface area is 124 Å². The van der Waals surface area contributed by atoms with E-state index in [4.69, 9.17) is 4.74 Å². The lowest BCUT2D eigenvalue weighted by Crippen LogP contribution is -2.17. The van der Waals surface area contributed by atoms with E-state index in [9.17, 15) is 4.79 Å². The molecule has 1 N–H and O–H groups in total. The molecule has 0 aliphatic rings. The van der Waals surface area contributed by atoms with Crippen molar-refractivity contribution in [2.24, 2.45) is 5.41 Å². The van der Waals surface area contributed by atoms with Gasteiger partial charge in [0.2, 0.25) is 5.88 Å². The molecule has 21 heavy (non-hydrogen) atoms. The van der Waals surface area contributed by atoms with Crippen molar-refractivity contribution in [3.8, 4) is 5.88 Å². The molecule has 2 aromatic rings. The van der Waals surface area contributed by atoms with Crippen LogP contribution in [0.1, 0.15) is 33.3 Å². The van der Waals surface area contributed by atoms with E-state index in [0.29, 0.717) is 18.9 Å². The first kappa shape index (κ1) is 15.2. The molecule has 0 aliphatic carbocycles. The first-order chi connectivity index (χ1) is 9.87. The molecule has 0 amide bonds. The highest BCUT2D eigenvalue weighted by atomic mass is 16.5. The summed E-state index contributed by atoms with van der Waals surface area (Å²) in [7, 11) is 0. The van der Waals surface area contributed by atoms with Crippen LogP contribution in [0.15, 0.2) is 24.7 Å². The molecule has 112 valence electrons. The summed E-state index contributed by atoms with van der Waals surface area (Å²) in [5.41, 5.74) is 1.83. The lowest BCUT2D eigenvalue weighted by Gasteiger charge is -2.18. The van der Waals surface area contributed by atoms with Crippen molar-refractivity contribution < 1.29 is 9.53 Å². The molecule has 0 spiro atoms. The number of aromatic nitrogens is 3. The van der Waals surface area contributed by atoms with E-state index < -0.39 is 0 Å². The van der Waals surface area contributed by atoms with Gasteiger partial charge >= 0.3 is 0 Å². The predicted octanol–water partition coefficient (Wildman–Crippen LogP) is 3.07. The van der Waals surface area contributed by atoms with Gasteiger partial charge in [-0.3, -0.25) is 4.79 Å². The van der Waals surface area contributed by atoms with E-state index in [2.05, 4.69) is 35.7 Å². The van der Waals surface area contributed by atoms with E-state index in [-0.39, 0.29) is 11.2 Å². The summed E-state index contributed by atoms with van der Waals surface area (Å²) in [4.78, 5) is 22.5. The molecule has 0 radical (unpaired) electrons. The highest BCUT2D eigenvalue weighted by molar-refractivity contribution is 5.88. The number of aromatic amines is 1. The van der Waals surface area contributed by atoms with Gasteiger partial charge in [0.1, 0.15) is 12.0 Å². The minimum Gasteiger partial charge on any atom is -0.477 e. The third-order valence-electron chi connectivity index (χ3n) is 2.85. The summed E-state index contributed by atoms with van der Waals surface area (Å²) in [5, 5.41) is 0.884. The van der Waals surface area contributed by atoms with Crippen molar-refractivity contribution in [1.29, 1.82) is 0 Å². The Morgan fingerprint density at radius 2 is 2.14 bits per heavy atom. The second-order valence-electron chi connectivity index (χ2n) is 6.28. The van der Waals surface area contributed by atoms with Crippen LogP contribution in [0.2, 0.25) is 0 Å². The van der Waals surface area contributed by atoms with E-state index in [1.54, 1.807) is 6.08 Å². The number of H-pyrrole nitrogens is 1. The first-order valence-electron chi connectivity index (χ1n) is 6.98. The van der Waals surface area contributed by atoms with Crippen LogP contribution in [-0.4, -0.2) is 27.3 Å². The van der Waals surface area contributed by atoms with Crippen molar-refractivity contribution in [3.63, 3.8) is 0 Å². The third-order valence-corrected chi connectivity index (χ3v) is 2.85. The second kappa shape index (κ2) is 6.08. The number of hydrogen-bond donors (Lipinski definition) is 1. The zero-order valence-corrected chi connectivity index (χ0v) is 12.9. The standard InChI is InChI=1S/C16H21N3O2/c1-11(20)6-5-7-12-8-17-14-13(12)15(19-10-18-14)21-9-16(2,3)4/h5-6,8,10H,7,9H2,1-4H3,(H,17,18,19)/b6-5+. The lowest BCUT2D eigenvalue weighted by molar-refractivity contribution is -0.112. The molecule has 0 atom stereocenters. The van der Waals surface area contributed by atoms with Gasteiger partial charge < -0.3 is 9.72 Å². The van der Waals surface area contributed by atoms with E-state index in [0.717, 1.165) is 16.6 Å². The van der Waals surface area contributed by atoms with Crippen LogP contribution >= 0.6 is 0 Å². The summed E-state index contributed by atoms with van der Waals surface area (Å²) in [5.74, 6) is 0.623. The minimum atomic E-state index is 0.0373. The summed E-state index contributed by atoms with van der Waals surface area (Å²) in [6.45, 7) is 8.44. The molecule has 5 heteroatoms. The van der Waals surface area contributed by atoms with Gasteiger partial charge in [-0.25, -0.2) is 9.97 Å². The molecule has 2 heterocycles. The summed E-state index contributed by atoms with van der Waals surface area (Å²) >= 11 is 0. The van der Waals surface area contributed by atoms with Gasteiger partial charge in [-0.2, -0.15) is 0 Å². The van der Waals surface area contributed by atoms with Gasteiger partial charge in [-0.05, 0) is 30.4 Å². The Morgan fingerprint density at radius 1 is 1.38 bits per heavy atom. The number of hydrogen-bond acceptors (Lipinski definition) is 4. The van der Waals surface area contributed by atoms with Crippen LogP contribution in [0.25, 0.3) is 11.0 Å². The highest BCUT2D eigenvalue weighted by Gasteiger charge is 2.15. The van der Waals surface area contributed by atoms with Crippen LogP contribution in [0, 0.1) is 5.41 Å². The fourth-order valence-corrected chi connectivity index (χ4v) is 1.90. The Bertz CT molecular complexity index is 666. The zero-order chi connectivity index (χ0) is 15.5. The van der Waals surface area contributed by atoms with E-state index in [1.165, 1.54) is 13.3 Å². The Hall–Kier alpha value is -2.17. The number of nitrogens with zero attached hydrogens (tertiary/aromatic N) is 2. The van der Waals surface area contributed by atoms with Gasteiger partial charge in [0.25, 0.3) is 0 Å². The Kier molecular flexibility index (Phi) is 4.40. The quantitative estimate of drug-likeness (QED) is 0.858.